The van der Waals surface area contributed by atoms with Crippen LogP contribution in [0, 0.1) is 25.2 Å². The summed E-state index contributed by atoms with van der Waals surface area (Å²) in [5.74, 6) is 0. The van der Waals surface area contributed by atoms with Crippen LogP contribution in [0.25, 0.3) is 21.9 Å². The molecule has 19 heavy (non-hydrogen) atoms. The number of aromatic amines is 1. The van der Waals surface area contributed by atoms with Gasteiger partial charge in [0.15, 0.2) is 0 Å². The number of nitrogens with one attached hydrogen (secondary N) is 1. The standard InChI is InChI=1S/C17H14N2/c1-11-12(2)19-16(10-18)17(11)15-8-7-13-5-3-4-6-14(13)9-15/h3-9,19H,1-2H3. The van der Waals surface area contributed by atoms with Crippen molar-refractivity contribution in [2.75, 3.05) is 0 Å². The van der Waals surface area contributed by atoms with Gasteiger partial charge in [-0.05, 0) is 41.8 Å². The number of fused-ring (bicyclic) bond motifs is 1. The van der Waals surface area contributed by atoms with Crippen LogP contribution in [-0.4, -0.2) is 4.98 Å². The number of aryl methyl sites for hydroxylation is 1. The molecule has 2 heteroatoms. The summed E-state index contributed by atoms with van der Waals surface area (Å²) in [4.78, 5) is 3.15. The Morgan fingerprint density at radius 3 is 2.47 bits per heavy atom. The Bertz CT molecular complexity index is 804. The zero-order chi connectivity index (χ0) is 13.4. The predicted octanol–water partition coefficient (Wildman–Crippen LogP) is 4.32. The molecule has 0 unspecified atom stereocenters. The van der Waals surface area contributed by atoms with Crippen LogP contribution >= 0.6 is 0 Å². The Morgan fingerprint density at radius 1 is 1.00 bits per heavy atom. The summed E-state index contributed by atoms with van der Waals surface area (Å²) in [6, 6.07) is 16.8. The van der Waals surface area contributed by atoms with Crippen LogP contribution in [0.1, 0.15) is 17.0 Å². The van der Waals surface area contributed by atoms with E-state index >= 15 is 0 Å². The number of nitriles is 1. The van der Waals surface area contributed by atoms with Crippen molar-refractivity contribution >= 4 is 10.8 Å². The molecule has 1 aromatic heterocycles. The fraction of sp³-hybridized carbons (Fsp3) is 0.118. The molecule has 92 valence electrons. The Labute approximate surface area is 112 Å². The molecule has 0 aliphatic heterocycles. The quantitative estimate of drug-likeness (QED) is 0.682. The maximum absolute atomic E-state index is 9.25. The van der Waals surface area contributed by atoms with Crippen LogP contribution in [-0.2, 0) is 0 Å². The van der Waals surface area contributed by atoms with Crippen molar-refractivity contribution in [1.82, 2.24) is 4.98 Å². The molecule has 0 radical (unpaired) electrons. The third kappa shape index (κ3) is 1.80. The number of rotatable bonds is 1. The second kappa shape index (κ2) is 4.29. The summed E-state index contributed by atoms with van der Waals surface area (Å²) >= 11 is 0. The number of benzene rings is 2. The minimum absolute atomic E-state index is 0.644. The molecule has 2 nitrogen and oxygen atoms in total. The van der Waals surface area contributed by atoms with Crippen molar-refractivity contribution in [3.63, 3.8) is 0 Å². The fourth-order valence-corrected chi connectivity index (χ4v) is 2.51. The summed E-state index contributed by atoms with van der Waals surface area (Å²) < 4.78 is 0. The first-order valence-electron chi connectivity index (χ1n) is 6.29. The van der Waals surface area contributed by atoms with Crippen molar-refractivity contribution in [3.05, 3.63) is 59.4 Å². The monoisotopic (exact) mass is 246 g/mol. The van der Waals surface area contributed by atoms with E-state index in [1.807, 2.05) is 19.1 Å². The van der Waals surface area contributed by atoms with Crippen molar-refractivity contribution < 1.29 is 0 Å². The summed E-state index contributed by atoms with van der Waals surface area (Å²) in [7, 11) is 0. The number of hydrogen-bond donors (Lipinski definition) is 1. The summed E-state index contributed by atoms with van der Waals surface area (Å²) in [6.45, 7) is 4.05. The van der Waals surface area contributed by atoms with Crippen LogP contribution in [0.2, 0.25) is 0 Å². The first kappa shape index (κ1) is 11.6. The van der Waals surface area contributed by atoms with E-state index < -0.39 is 0 Å². The first-order chi connectivity index (χ1) is 9.20. The van der Waals surface area contributed by atoms with Gasteiger partial charge in [0, 0.05) is 11.3 Å². The van der Waals surface area contributed by atoms with E-state index in [0.717, 1.165) is 22.4 Å². The van der Waals surface area contributed by atoms with Gasteiger partial charge in [-0.25, -0.2) is 0 Å². The lowest BCUT2D eigenvalue weighted by Gasteiger charge is -2.04. The highest BCUT2D eigenvalue weighted by atomic mass is 14.7. The molecular weight excluding hydrogens is 232 g/mol. The average Bonchev–Trinajstić information content (AvgIpc) is 2.74. The molecule has 3 rings (SSSR count). The maximum Gasteiger partial charge on any atom is 0.125 e. The molecule has 0 bridgehead atoms. The topological polar surface area (TPSA) is 39.6 Å². The van der Waals surface area contributed by atoms with Gasteiger partial charge in [-0.3, -0.25) is 0 Å². The van der Waals surface area contributed by atoms with Crippen molar-refractivity contribution in [1.29, 1.82) is 5.26 Å². The molecule has 2 aromatic carbocycles. The molecule has 3 aromatic rings. The van der Waals surface area contributed by atoms with E-state index in [9.17, 15) is 5.26 Å². The Hall–Kier alpha value is -2.53. The van der Waals surface area contributed by atoms with Crippen molar-refractivity contribution in [2.45, 2.75) is 13.8 Å². The minimum Gasteiger partial charge on any atom is -0.350 e. The molecule has 0 aliphatic rings. The fourth-order valence-electron chi connectivity index (χ4n) is 2.51. The molecule has 0 saturated heterocycles. The van der Waals surface area contributed by atoms with Gasteiger partial charge in [0.05, 0.1) is 0 Å². The lowest BCUT2D eigenvalue weighted by Crippen LogP contribution is -1.83. The number of hydrogen-bond acceptors (Lipinski definition) is 1. The number of H-pyrrole nitrogens is 1. The highest BCUT2D eigenvalue weighted by Gasteiger charge is 2.13. The molecule has 0 saturated carbocycles. The van der Waals surface area contributed by atoms with E-state index in [1.165, 1.54) is 10.8 Å². The lowest BCUT2D eigenvalue weighted by atomic mass is 9.98. The van der Waals surface area contributed by atoms with Crippen LogP contribution in [0.5, 0.6) is 0 Å². The Kier molecular flexibility index (Phi) is 2.61. The largest absolute Gasteiger partial charge is 0.350 e. The molecule has 0 fully saturated rings. The van der Waals surface area contributed by atoms with E-state index in [1.54, 1.807) is 0 Å². The molecule has 0 atom stereocenters. The van der Waals surface area contributed by atoms with E-state index in [4.69, 9.17) is 0 Å². The predicted molar refractivity (Wildman–Crippen MR) is 77.9 cm³/mol. The third-order valence-corrected chi connectivity index (χ3v) is 3.65. The molecular formula is C17H14N2. The second-order valence-electron chi connectivity index (χ2n) is 4.80. The van der Waals surface area contributed by atoms with Gasteiger partial charge in [-0.15, -0.1) is 0 Å². The molecule has 0 spiro atoms. The van der Waals surface area contributed by atoms with Gasteiger partial charge in [-0.1, -0.05) is 36.4 Å². The first-order valence-corrected chi connectivity index (χ1v) is 6.29. The minimum atomic E-state index is 0.644. The smallest absolute Gasteiger partial charge is 0.125 e. The second-order valence-corrected chi connectivity index (χ2v) is 4.80. The van der Waals surface area contributed by atoms with Gasteiger partial charge >= 0.3 is 0 Å². The van der Waals surface area contributed by atoms with E-state index in [2.05, 4.69) is 48.3 Å². The summed E-state index contributed by atoms with van der Waals surface area (Å²) in [5.41, 5.74) is 4.96. The SMILES string of the molecule is Cc1[nH]c(C#N)c(-c2ccc3ccccc3c2)c1C. The zero-order valence-corrected chi connectivity index (χ0v) is 11.0. The Morgan fingerprint density at radius 2 is 1.74 bits per heavy atom. The third-order valence-electron chi connectivity index (χ3n) is 3.65. The van der Waals surface area contributed by atoms with Gasteiger partial charge in [0.1, 0.15) is 11.8 Å². The number of nitrogens with zero attached hydrogens (tertiary/aromatic N) is 1. The lowest BCUT2D eigenvalue weighted by molar-refractivity contribution is 1.21. The van der Waals surface area contributed by atoms with Crippen molar-refractivity contribution in [3.8, 4) is 17.2 Å². The van der Waals surface area contributed by atoms with Crippen LogP contribution in [0.4, 0.5) is 0 Å². The molecule has 0 aliphatic carbocycles. The highest BCUT2D eigenvalue weighted by Crippen LogP contribution is 2.31. The maximum atomic E-state index is 9.25. The van der Waals surface area contributed by atoms with Gasteiger partial charge < -0.3 is 4.98 Å². The average molecular weight is 246 g/mol. The van der Waals surface area contributed by atoms with E-state index in [-0.39, 0.29) is 0 Å². The highest BCUT2D eigenvalue weighted by molar-refractivity contribution is 5.88. The molecule has 0 amide bonds. The van der Waals surface area contributed by atoms with Crippen LogP contribution < -0.4 is 0 Å². The van der Waals surface area contributed by atoms with Gasteiger partial charge in [0.2, 0.25) is 0 Å². The van der Waals surface area contributed by atoms with Crippen LogP contribution in [0.15, 0.2) is 42.5 Å². The summed E-state index contributed by atoms with van der Waals surface area (Å²) in [5, 5.41) is 11.7. The van der Waals surface area contributed by atoms with Crippen molar-refractivity contribution in [2.24, 2.45) is 0 Å². The van der Waals surface area contributed by atoms with Gasteiger partial charge in [-0.2, -0.15) is 5.26 Å². The molecule has 1 heterocycles. The molecule has 1 N–H and O–H groups in total. The Balaban J connectivity index is 2.28. The summed E-state index contributed by atoms with van der Waals surface area (Å²) in [6.07, 6.45) is 0. The number of aromatic nitrogens is 1. The normalized spacial score (nSPS) is 10.6. The van der Waals surface area contributed by atoms with Gasteiger partial charge in [0.25, 0.3) is 0 Å². The van der Waals surface area contributed by atoms with Crippen LogP contribution in [0.3, 0.4) is 0 Å². The zero-order valence-electron chi connectivity index (χ0n) is 11.0. The van der Waals surface area contributed by atoms with E-state index in [0.29, 0.717) is 5.69 Å².